The van der Waals surface area contributed by atoms with Crippen molar-refractivity contribution >= 4 is 11.7 Å². The Morgan fingerprint density at radius 3 is 2.53 bits per heavy atom. The third kappa shape index (κ3) is 3.86. The smallest absolute Gasteiger partial charge is 0.253 e. The number of nitrogens with zero attached hydrogens (tertiary/aromatic N) is 1. The Balaban J connectivity index is 2.60. The summed E-state index contributed by atoms with van der Waals surface area (Å²) in [6.45, 7) is 5.34. The van der Waals surface area contributed by atoms with Gasteiger partial charge in [-0.25, -0.2) is 0 Å². The van der Waals surface area contributed by atoms with E-state index in [4.69, 9.17) is 5.11 Å². The molecule has 0 atom stereocenters. The van der Waals surface area contributed by atoms with Gasteiger partial charge in [0, 0.05) is 11.6 Å². The van der Waals surface area contributed by atoms with E-state index in [1.165, 1.54) is 18.5 Å². The van der Waals surface area contributed by atoms with Gasteiger partial charge >= 0.3 is 0 Å². The summed E-state index contributed by atoms with van der Waals surface area (Å²) < 4.78 is 0. The number of carbonyl (C=O) groups excluding carboxylic acids is 2. The third-order valence-corrected chi connectivity index (χ3v) is 2.23. The number of nitrogens with one attached hydrogen (secondary N) is 1. The fourth-order valence-corrected chi connectivity index (χ4v) is 1.08. The van der Waals surface area contributed by atoms with Gasteiger partial charge in [-0.1, -0.05) is 20.8 Å². The first-order valence-electron chi connectivity index (χ1n) is 5.26. The van der Waals surface area contributed by atoms with Gasteiger partial charge < -0.3 is 10.4 Å². The third-order valence-electron chi connectivity index (χ3n) is 2.23. The molecule has 1 aromatic heterocycles. The molecule has 0 spiro atoms. The predicted molar refractivity (Wildman–Crippen MR) is 62.7 cm³/mol. The van der Waals surface area contributed by atoms with E-state index < -0.39 is 11.3 Å². The highest BCUT2D eigenvalue weighted by atomic mass is 16.3. The minimum atomic E-state index is -0.482. The van der Waals surface area contributed by atoms with E-state index in [0.29, 0.717) is 0 Å². The van der Waals surface area contributed by atoms with Crippen molar-refractivity contribution in [2.24, 2.45) is 5.41 Å². The molecular formula is C12H16N2O3. The van der Waals surface area contributed by atoms with Crippen molar-refractivity contribution in [3.8, 4) is 5.75 Å². The molecule has 0 aromatic carbocycles. The van der Waals surface area contributed by atoms with Crippen LogP contribution in [0.15, 0.2) is 18.5 Å². The molecule has 0 radical (unpaired) electrons. The van der Waals surface area contributed by atoms with Crippen molar-refractivity contribution in [3.63, 3.8) is 0 Å². The van der Waals surface area contributed by atoms with Crippen LogP contribution in [0.2, 0.25) is 0 Å². The second kappa shape index (κ2) is 4.95. The van der Waals surface area contributed by atoms with Gasteiger partial charge in [-0.05, 0) is 6.07 Å². The predicted octanol–water partition coefficient (Wildman–Crippen LogP) is 1.13. The van der Waals surface area contributed by atoms with E-state index in [-0.39, 0.29) is 23.6 Å². The summed E-state index contributed by atoms with van der Waals surface area (Å²) in [6.07, 6.45) is 2.56. The number of pyridine rings is 1. The van der Waals surface area contributed by atoms with Gasteiger partial charge in [0.25, 0.3) is 5.91 Å². The zero-order valence-corrected chi connectivity index (χ0v) is 10.2. The van der Waals surface area contributed by atoms with Gasteiger partial charge in [0.05, 0.1) is 18.3 Å². The molecule has 0 aliphatic heterocycles. The Hall–Kier alpha value is -1.91. The van der Waals surface area contributed by atoms with Crippen LogP contribution >= 0.6 is 0 Å². The highest BCUT2D eigenvalue weighted by Gasteiger charge is 2.21. The Kier molecular flexibility index (Phi) is 3.83. The molecule has 0 fully saturated rings. The van der Waals surface area contributed by atoms with Crippen LogP contribution in [0.25, 0.3) is 0 Å². The molecule has 1 heterocycles. The number of Topliss-reactive ketones (excluding diaryl/α,β-unsaturated/α-hetero) is 1. The molecule has 5 nitrogen and oxygen atoms in total. The summed E-state index contributed by atoms with van der Waals surface area (Å²) in [6, 6.07) is 1.30. The van der Waals surface area contributed by atoms with Gasteiger partial charge in [-0.2, -0.15) is 0 Å². The second-order valence-electron chi connectivity index (χ2n) is 4.79. The first-order valence-corrected chi connectivity index (χ1v) is 5.26. The Bertz CT molecular complexity index is 436. The van der Waals surface area contributed by atoms with Gasteiger partial charge in [0.15, 0.2) is 5.78 Å². The van der Waals surface area contributed by atoms with Crippen LogP contribution in [-0.4, -0.2) is 28.3 Å². The minimum Gasteiger partial charge on any atom is -0.506 e. The molecule has 92 valence electrons. The van der Waals surface area contributed by atoms with Gasteiger partial charge in [0.2, 0.25) is 0 Å². The summed E-state index contributed by atoms with van der Waals surface area (Å²) >= 11 is 0. The molecule has 17 heavy (non-hydrogen) atoms. The summed E-state index contributed by atoms with van der Waals surface area (Å²) in [7, 11) is 0. The lowest BCUT2D eigenvalue weighted by Gasteiger charge is -2.16. The number of carbonyl (C=O) groups is 2. The molecule has 1 rings (SSSR count). The number of hydrogen-bond acceptors (Lipinski definition) is 4. The maximum Gasteiger partial charge on any atom is 0.253 e. The lowest BCUT2D eigenvalue weighted by Crippen LogP contribution is -2.35. The summed E-state index contributed by atoms with van der Waals surface area (Å²) in [4.78, 5) is 26.9. The molecule has 5 heteroatoms. The highest BCUT2D eigenvalue weighted by molar-refractivity contribution is 5.97. The van der Waals surface area contributed by atoms with Gasteiger partial charge in [-0.15, -0.1) is 0 Å². The lowest BCUT2D eigenvalue weighted by atomic mass is 9.91. The molecule has 0 bridgehead atoms. The molecule has 0 aliphatic rings. The summed E-state index contributed by atoms with van der Waals surface area (Å²) in [5.41, 5.74) is -0.253. The van der Waals surface area contributed by atoms with Gasteiger partial charge in [0.1, 0.15) is 5.75 Å². The van der Waals surface area contributed by atoms with Gasteiger partial charge in [-0.3, -0.25) is 14.6 Å². The number of ketones is 1. The van der Waals surface area contributed by atoms with Crippen LogP contribution in [0.5, 0.6) is 5.75 Å². The van der Waals surface area contributed by atoms with Crippen molar-refractivity contribution in [1.82, 2.24) is 10.3 Å². The number of aromatic nitrogens is 1. The second-order valence-corrected chi connectivity index (χ2v) is 4.79. The molecule has 2 N–H and O–H groups in total. The van der Waals surface area contributed by atoms with Crippen LogP contribution in [0.1, 0.15) is 31.1 Å². The standard InChI is InChI=1S/C12H16N2O3/c1-12(2,3)10(16)7-14-11(17)8-4-9(15)6-13-5-8/h4-6,15H,7H2,1-3H3,(H,14,17). The molecule has 0 saturated heterocycles. The van der Waals surface area contributed by atoms with E-state index in [1.807, 2.05) is 0 Å². The molecule has 0 saturated carbocycles. The minimum absolute atomic E-state index is 0.0298. The van der Waals surface area contributed by atoms with Crippen LogP contribution < -0.4 is 5.32 Å². The van der Waals surface area contributed by atoms with Crippen molar-refractivity contribution in [2.75, 3.05) is 6.54 Å². The highest BCUT2D eigenvalue weighted by Crippen LogP contribution is 2.13. The van der Waals surface area contributed by atoms with Crippen molar-refractivity contribution in [1.29, 1.82) is 0 Å². The first kappa shape index (κ1) is 13.2. The number of hydrogen-bond donors (Lipinski definition) is 2. The zero-order chi connectivity index (χ0) is 13.1. The largest absolute Gasteiger partial charge is 0.506 e. The summed E-state index contributed by atoms with van der Waals surface area (Å²) in [5.74, 6) is -0.565. The fourth-order valence-electron chi connectivity index (χ4n) is 1.08. The van der Waals surface area contributed by atoms with Crippen molar-refractivity contribution in [2.45, 2.75) is 20.8 Å². The van der Waals surface area contributed by atoms with E-state index in [9.17, 15) is 9.59 Å². The zero-order valence-electron chi connectivity index (χ0n) is 10.2. The number of rotatable bonds is 3. The quantitative estimate of drug-likeness (QED) is 0.824. The SMILES string of the molecule is CC(C)(C)C(=O)CNC(=O)c1cncc(O)c1. The number of aromatic hydroxyl groups is 1. The average molecular weight is 236 g/mol. The molecule has 0 aliphatic carbocycles. The average Bonchev–Trinajstić information content (AvgIpc) is 2.24. The monoisotopic (exact) mass is 236 g/mol. The van der Waals surface area contributed by atoms with E-state index in [2.05, 4.69) is 10.3 Å². The fraction of sp³-hybridized carbons (Fsp3) is 0.417. The van der Waals surface area contributed by atoms with Crippen LogP contribution in [0, 0.1) is 5.41 Å². The topological polar surface area (TPSA) is 79.3 Å². The lowest BCUT2D eigenvalue weighted by molar-refractivity contribution is -0.125. The molecule has 1 amide bonds. The maximum atomic E-state index is 11.6. The van der Waals surface area contributed by atoms with Crippen molar-refractivity contribution in [3.05, 3.63) is 24.0 Å². The maximum absolute atomic E-state index is 11.6. The molecule has 1 aromatic rings. The Morgan fingerprint density at radius 2 is 2.00 bits per heavy atom. The number of amides is 1. The Labute approximate surface area is 99.9 Å². The van der Waals surface area contributed by atoms with Crippen LogP contribution in [0.4, 0.5) is 0 Å². The van der Waals surface area contributed by atoms with Crippen molar-refractivity contribution < 1.29 is 14.7 Å². The molecular weight excluding hydrogens is 220 g/mol. The summed E-state index contributed by atoms with van der Waals surface area (Å²) in [5, 5.41) is 11.7. The first-order chi connectivity index (χ1) is 7.80. The van der Waals surface area contributed by atoms with Crippen LogP contribution in [-0.2, 0) is 4.79 Å². The normalized spacial score (nSPS) is 11.0. The van der Waals surface area contributed by atoms with E-state index >= 15 is 0 Å². The van der Waals surface area contributed by atoms with E-state index in [0.717, 1.165) is 0 Å². The Morgan fingerprint density at radius 1 is 1.35 bits per heavy atom. The van der Waals surface area contributed by atoms with Crippen LogP contribution in [0.3, 0.4) is 0 Å². The van der Waals surface area contributed by atoms with E-state index in [1.54, 1.807) is 20.8 Å². The molecule has 0 unspecified atom stereocenters.